The molecule has 0 aliphatic heterocycles. The van der Waals surface area contributed by atoms with E-state index in [1.807, 2.05) is 6.92 Å². The molecule has 0 fully saturated rings. The van der Waals surface area contributed by atoms with Crippen LogP contribution in [-0.4, -0.2) is 24.3 Å². The first-order chi connectivity index (χ1) is 5.45. The molecule has 0 spiro atoms. The lowest BCUT2D eigenvalue weighted by Gasteiger charge is -2.19. The molecule has 0 saturated carbocycles. The van der Waals surface area contributed by atoms with Gasteiger partial charge in [0.25, 0.3) is 0 Å². The smallest absolute Gasteiger partial charge is 0.0549 e. The van der Waals surface area contributed by atoms with Crippen molar-refractivity contribution in [2.75, 3.05) is 13.1 Å². The molecule has 12 heavy (non-hydrogen) atoms. The highest BCUT2D eigenvalue weighted by Crippen LogP contribution is 2.10. The van der Waals surface area contributed by atoms with Crippen LogP contribution in [0.4, 0.5) is 0 Å². The van der Waals surface area contributed by atoms with Crippen LogP contribution in [-0.2, 0) is 0 Å². The fourth-order valence-corrected chi connectivity index (χ4v) is 0.936. The van der Waals surface area contributed by atoms with Crippen molar-refractivity contribution in [2.45, 2.75) is 46.6 Å². The summed E-state index contributed by atoms with van der Waals surface area (Å²) < 4.78 is 0. The lowest BCUT2D eigenvalue weighted by atomic mass is 9.97. The quantitative estimate of drug-likeness (QED) is 0.621. The Labute approximate surface area is 76.4 Å². The highest BCUT2D eigenvalue weighted by atomic mass is 16.3. The van der Waals surface area contributed by atoms with E-state index in [1.165, 1.54) is 0 Å². The summed E-state index contributed by atoms with van der Waals surface area (Å²) in [5.74, 6) is 0. The fraction of sp³-hybridized carbons (Fsp3) is 1.00. The lowest BCUT2D eigenvalue weighted by molar-refractivity contribution is 0.158. The van der Waals surface area contributed by atoms with Crippen molar-refractivity contribution >= 4 is 0 Å². The first-order valence-corrected chi connectivity index (χ1v) is 4.84. The van der Waals surface area contributed by atoms with Gasteiger partial charge in [-0.3, -0.25) is 0 Å². The van der Waals surface area contributed by atoms with Crippen LogP contribution < -0.4 is 5.32 Å². The van der Waals surface area contributed by atoms with Crippen molar-refractivity contribution in [3.05, 3.63) is 0 Å². The van der Waals surface area contributed by atoms with Crippen molar-refractivity contribution in [1.29, 1.82) is 0 Å². The zero-order valence-corrected chi connectivity index (χ0v) is 8.85. The molecule has 0 saturated heterocycles. The summed E-state index contributed by atoms with van der Waals surface area (Å²) in [5.41, 5.74) is 0.344. The van der Waals surface area contributed by atoms with Gasteiger partial charge in [0, 0.05) is 0 Å². The largest absolute Gasteiger partial charge is 0.393 e. The average Bonchev–Trinajstić information content (AvgIpc) is 1.96. The zero-order chi connectivity index (χ0) is 9.61. The average molecular weight is 173 g/mol. The Balaban J connectivity index is 3.22. The minimum absolute atomic E-state index is 0.127. The molecule has 2 nitrogen and oxygen atoms in total. The van der Waals surface area contributed by atoms with Crippen molar-refractivity contribution < 1.29 is 5.11 Å². The molecule has 0 aromatic carbocycles. The van der Waals surface area contributed by atoms with Crippen LogP contribution in [0.3, 0.4) is 0 Å². The number of rotatable bonds is 5. The standard InChI is InChI=1S/C10H23NO/c1-5-9(12)6-7-11-8-10(2,3)4/h9,11-12H,5-8H2,1-4H3. The van der Waals surface area contributed by atoms with E-state index >= 15 is 0 Å². The summed E-state index contributed by atoms with van der Waals surface area (Å²) in [5, 5.41) is 12.6. The van der Waals surface area contributed by atoms with E-state index in [4.69, 9.17) is 0 Å². The zero-order valence-electron chi connectivity index (χ0n) is 8.85. The van der Waals surface area contributed by atoms with Crippen molar-refractivity contribution in [1.82, 2.24) is 5.32 Å². The maximum Gasteiger partial charge on any atom is 0.0549 e. The molecule has 1 unspecified atom stereocenters. The molecule has 0 heterocycles. The predicted molar refractivity (Wildman–Crippen MR) is 53.2 cm³/mol. The van der Waals surface area contributed by atoms with Crippen LogP contribution in [0.5, 0.6) is 0 Å². The van der Waals surface area contributed by atoms with E-state index in [0.29, 0.717) is 5.41 Å². The Hall–Kier alpha value is -0.0800. The number of aliphatic hydroxyl groups is 1. The molecule has 1 atom stereocenters. The number of hydrogen-bond acceptors (Lipinski definition) is 2. The summed E-state index contributed by atoms with van der Waals surface area (Å²) in [7, 11) is 0. The van der Waals surface area contributed by atoms with Gasteiger partial charge in [-0.05, 0) is 31.3 Å². The highest BCUT2D eigenvalue weighted by Gasteiger charge is 2.08. The minimum atomic E-state index is -0.127. The van der Waals surface area contributed by atoms with Crippen LogP contribution in [0.2, 0.25) is 0 Å². The second-order valence-electron chi connectivity index (χ2n) is 4.59. The van der Waals surface area contributed by atoms with E-state index in [0.717, 1.165) is 25.9 Å². The Bertz CT molecular complexity index is 107. The first kappa shape index (κ1) is 11.9. The van der Waals surface area contributed by atoms with Gasteiger partial charge in [0.15, 0.2) is 0 Å². The van der Waals surface area contributed by atoms with Crippen LogP contribution in [0, 0.1) is 5.41 Å². The Morgan fingerprint density at radius 3 is 2.33 bits per heavy atom. The molecule has 0 bridgehead atoms. The third-order valence-electron chi connectivity index (χ3n) is 1.78. The molecule has 2 heteroatoms. The summed E-state index contributed by atoms with van der Waals surface area (Å²) in [6.45, 7) is 10.6. The van der Waals surface area contributed by atoms with Crippen LogP contribution in [0.1, 0.15) is 40.5 Å². The monoisotopic (exact) mass is 173 g/mol. The molecule has 0 aliphatic carbocycles. The first-order valence-electron chi connectivity index (χ1n) is 4.84. The molecule has 0 amide bonds. The molecular weight excluding hydrogens is 150 g/mol. The van der Waals surface area contributed by atoms with Crippen LogP contribution >= 0.6 is 0 Å². The van der Waals surface area contributed by atoms with E-state index < -0.39 is 0 Å². The van der Waals surface area contributed by atoms with Gasteiger partial charge in [-0.1, -0.05) is 27.7 Å². The molecule has 0 aromatic rings. The molecular formula is C10H23NO. The molecule has 2 N–H and O–H groups in total. The number of aliphatic hydroxyl groups excluding tert-OH is 1. The summed E-state index contributed by atoms with van der Waals surface area (Å²) >= 11 is 0. The topological polar surface area (TPSA) is 32.3 Å². The van der Waals surface area contributed by atoms with Crippen molar-refractivity contribution in [2.24, 2.45) is 5.41 Å². The second kappa shape index (κ2) is 5.55. The van der Waals surface area contributed by atoms with Crippen molar-refractivity contribution in [3.63, 3.8) is 0 Å². The maximum absolute atomic E-state index is 9.25. The fourth-order valence-electron chi connectivity index (χ4n) is 0.936. The Morgan fingerprint density at radius 2 is 1.92 bits per heavy atom. The van der Waals surface area contributed by atoms with E-state index in [2.05, 4.69) is 26.1 Å². The SMILES string of the molecule is CCC(O)CCNCC(C)(C)C. The summed E-state index contributed by atoms with van der Waals surface area (Å²) in [4.78, 5) is 0. The van der Waals surface area contributed by atoms with Crippen molar-refractivity contribution in [3.8, 4) is 0 Å². The third-order valence-corrected chi connectivity index (χ3v) is 1.78. The summed E-state index contributed by atoms with van der Waals surface area (Å²) in [6.07, 6.45) is 1.60. The number of hydrogen-bond donors (Lipinski definition) is 2. The molecule has 0 aliphatic rings. The van der Waals surface area contributed by atoms with E-state index in [-0.39, 0.29) is 6.10 Å². The van der Waals surface area contributed by atoms with Gasteiger partial charge >= 0.3 is 0 Å². The van der Waals surface area contributed by atoms with Crippen LogP contribution in [0.25, 0.3) is 0 Å². The lowest BCUT2D eigenvalue weighted by Crippen LogP contribution is -2.29. The second-order valence-corrected chi connectivity index (χ2v) is 4.59. The minimum Gasteiger partial charge on any atom is -0.393 e. The van der Waals surface area contributed by atoms with E-state index in [1.54, 1.807) is 0 Å². The van der Waals surface area contributed by atoms with Gasteiger partial charge in [-0.15, -0.1) is 0 Å². The van der Waals surface area contributed by atoms with Crippen LogP contribution in [0.15, 0.2) is 0 Å². The normalized spacial score (nSPS) is 14.8. The predicted octanol–water partition coefficient (Wildman–Crippen LogP) is 1.78. The Morgan fingerprint density at radius 1 is 1.33 bits per heavy atom. The maximum atomic E-state index is 9.25. The molecule has 0 radical (unpaired) electrons. The van der Waals surface area contributed by atoms with Gasteiger partial charge < -0.3 is 10.4 Å². The van der Waals surface area contributed by atoms with Gasteiger partial charge in [-0.2, -0.15) is 0 Å². The Kier molecular flexibility index (Phi) is 5.51. The van der Waals surface area contributed by atoms with Gasteiger partial charge in [-0.25, -0.2) is 0 Å². The van der Waals surface area contributed by atoms with Gasteiger partial charge in [0.2, 0.25) is 0 Å². The van der Waals surface area contributed by atoms with Gasteiger partial charge in [0.05, 0.1) is 6.10 Å². The molecule has 0 aromatic heterocycles. The molecule has 0 rings (SSSR count). The number of nitrogens with one attached hydrogen (secondary N) is 1. The summed E-state index contributed by atoms with van der Waals surface area (Å²) in [6, 6.07) is 0. The molecule has 74 valence electrons. The third kappa shape index (κ3) is 8.02. The highest BCUT2D eigenvalue weighted by molar-refractivity contribution is 4.65. The van der Waals surface area contributed by atoms with Gasteiger partial charge in [0.1, 0.15) is 0 Å². The van der Waals surface area contributed by atoms with E-state index in [9.17, 15) is 5.11 Å².